The van der Waals surface area contributed by atoms with Crippen LogP contribution in [0, 0.1) is 37.5 Å². The maximum atomic E-state index is 13.6. The van der Waals surface area contributed by atoms with Crippen molar-refractivity contribution in [3.63, 3.8) is 0 Å². The van der Waals surface area contributed by atoms with E-state index in [2.05, 4.69) is 26.0 Å². The van der Waals surface area contributed by atoms with Crippen molar-refractivity contribution >= 4 is 11.5 Å². The van der Waals surface area contributed by atoms with Gasteiger partial charge in [0, 0.05) is 17.7 Å². The van der Waals surface area contributed by atoms with E-state index in [0.717, 1.165) is 45.6 Å². The molecule has 0 radical (unpaired) electrons. The summed E-state index contributed by atoms with van der Waals surface area (Å²) in [5.74, 6) is 0.102. The van der Waals surface area contributed by atoms with Crippen LogP contribution in [0.4, 0.5) is 5.69 Å². The Bertz CT molecular complexity index is 1190. The van der Waals surface area contributed by atoms with E-state index in [0.29, 0.717) is 17.8 Å². The predicted molar refractivity (Wildman–Crippen MR) is 124 cm³/mol. The number of allylic oxidation sites excluding steroid dienone is 3. The minimum absolute atomic E-state index is 0.107. The van der Waals surface area contributed by atoms with Gasteiger partial charge in [-0.25, -0.2) is 0 Å². The predicted octanol–water partition coefficient (Wildman–Crippen LogP) is 5.55. The van der Waals surface area contributed by atoms with Crippen molar-refractivity contribution in [1.29, 1.82) is 5.26 Å². The molecule has 158 valence electrons. The standard InChI is InChI=1S/C27H29N3O/c1-16-10-11-19(18(3)12-16)24-20(15-28)26(29)30(21-9-7-6-8-17(21)2)22-13-27(4,5)14-23(31)25(22)24/h6-12,24H,13-14,29H2,1-5H3. The summed E-state index contributed by atoms with van der Waals surface area (Å²) in [7, 11) is 0. The van der Waals surface area contributed by atoms with Gasteiger partial charge in [0.25, 0.3) is 0 Å². The average molecular weight is 412 g/mol. The van der Waals surface area contributed by atoms with E-state index in [1.54, 1.807) is 0 Å². The third-order valence-electron chi connectivity index (χ3n) is 6.47. The quantitative estimate of drug-likeness (QED) is 0.703. The number of para-hydroxylation sites is 1. The number of rotatable bonds is 2. The summed E-state index contributed by atoms with van der Waals surface area (Å²) in [4.78, 5) is 15.5. The molecule has 0 bridgehead atoms. The van der Waals surface area contributed by atoms with Gasteiger partial charge in [-0.1, -0.05) is 55.8 Å². The SMILES string of the molecule is Cc1ccc(C2C(C#N)=C(N)N(c3ccccc3C)C3=C2C(=O)CC(C)(C)C3)c(C)c1. The van der Waals surface area contributed by atoms with Crippen molar-refractivity contribution in [2.45, 2.75) is 53.4 Å². The summed E-state index contributed by atoms with van der Waals surface area (Å²) in [6.07, 6.45) is 1.19. The highest BCUT2D eigenvalue weighted by Gasteiger charge is 2.45. The summed E-state index contributed by atoms with van der Waals surface area (Å²) in [6.45, 7) is 10.4. The van der Waals surface area contributed by atoms with E-state index in [9.17, 15) is 10.1 Å². The molecule has 4 heteroatoms. The van der Waals surface area contributed by atoms with Gasteiger partial charge < -0.3 is 5.73 Å². The molecule has 1 aliphatic carbocycles. The van der Waals surface area contributed by atoms with Crippen molar-refractivity contribution < 1.29 is 4.79 Å². The second kappa shape index (κ2) is 7.42. The third kappa shape index (κ3) is 3.45. The molecule has 1 heterocycles. The fourth-order valence-corrected chi connectivity index (χ4v) is 5.06. The molecular formula is C27H29N3O. The number of nitriles is 1. The number of aryl methyl sites for hydroxylation is 3. The molecule has 1 atom stereocenters. The molecule has 0 saturated heterocycles. The summed E-state index contributed by atoms with van der Waals surface area (Å²) in [5.41, 5.74) is 13.8. The Labute approximate surface area is 184 Å². The van der Waals surface area contributed by atoms with Gasteiger partial charge in [0.15, 0.2) is 5.78 Å². The van der Waals surface area contributed by atoms with Crippen LogP contribution in [-0.2, 0) is 4.79 Å². The average Bonchev–Trinajstić information content (AvgIpc) is 2.67. The zero-order valence-corrected chi connectivity index (χ0v) is 18.9. The molecule has 4 nitrogen and oxygen atoms in total. The number of Topliss-reactive ketones (excluding diaryl/α,β-unsaturated/α-hetero) is 1. The number of carbonyl (C=O) groups is 1. The molecule has 0 spiro atoms. The second-order valence-corrected chi connectivity index (χ2v) is 9.63. The number of nitrogens with zero attached hydrogens (tertiary/aromatic N) is 2. The van der Waals surface area contributed by atoms with Gasteiger partial charge in [-0.2, -0.15) is 5.26 Å². The lowest BCUT2D eigenvalue weighted by Gasteiger charge is -2.44. The van der Waals surface area contributed by atoms with Gasteiger partial charge in [0.05, 0.1) is 23.2 Å². The van der Waals surface area contributed by atoms with Crippen LogP contribution < -0.4 is 10.6 Å². The maximum Gasteiger partial charge on any atom is 0.162 e. The Balaban J connectivity index is 2.04. The van der Waals surface area contributed by atoms with Crippen LogP contribution in [0.1, 0.15) is 54.9 Å². The second-order valence-electron chi connectivity index (χ2n) is 9.63. The molecule has 2 aromatic carbocycles. The third-order valence-corrected chi connectivity index (χ3v) is 6.47. The van der Waals surface area contributed by atoms with Crippen LogP contribution in [-0.4, -0.2) is 5.78 Å². The van der Waals surface area contributed by atoms with Gasteiger partial charge in [0.1, 0.15) is 5.82 Å². The zero-order chi connectivity index (χ0) is 22.5. The van der Waals surface area contributed by atoms with E-state index in [1.807, 2.05) is 62.1 Å². The molecule has 31 heavy (non-hydrogen) atoms. The summed E-state index contributed by atoms with van der Waals surface area (Å²) >= 11 is 0. The van der Waals surface area contributed by atoms with Crippen LogP contribution in [0.3, 0.4) is 0 Å². The number of ketones is 1. The van der Waals surface area contributed by atoms with Crippen LogP contribution in [0.25, 0.3) is 0 Å². The van der Waals surface area contributed by atoms with Crippen LogP contribution >= 0.6 is 0 Å². The smallest absolute Gasteiger partial charge is 0.162 e. The van der Waals surface area contributed by atoms with Gasteiger partial charge in [-0.3, -0.25) is 9.69 Å². The first-order valence-electron chi connectivity index (χ1n) is 10.7. The van der Waals surface area contributed by atoms with Gasteiger partial charge in [-0.15, -0.1) is 0 Å². The maximum absolute atomic E-state index is 13.6. The molecule has 0 aromatic heterocycles. The topological polar surface area (TPSA) is 70.1 Å². The van der Waals surface area contributed by atoms with Crippen LogP contribution in [0.2, 0.25) is 0 Å². The highest BCUT2D eigenvalue weighted by atomic mass is 16.1. The molecule has 1 unspecified atom stereocenters. The fourth-order valence-electron chi connectivity index (χ4n) is 5.06. The highest BCUT2D eigenvalue weighted by molar-refractivity contribution is 6.01. The summed E-state index contributed by atoms with van der Waals surface area (Å²) in [6, 6.07) is 16.5. The number of benzene rings is 2. The molecule has 2 N–H and O–H groups in total. The zero-order valence-electron chi connectivity index (χ0n) is 18.9. The minimum Gasteiger partial charge on any atom is -0.384 e. The van der Waals surface area contributed by atoms with Crippen molar-refractivity contribution in [3.05, 3.63) is 87.4 Å². The number of nitrogens with two attached hydrogens (primary N) is 1. The monoisotopic (exact) mass is 411 g/mol. The molecule has 1 aliphatic heterocycles. The Kier molecular flexibility index (Phi) is 5.01. The lowest BCUT2D eigenvalue weighted by molar-refractivity contribution is -0.118. The van der Waals surface area contributed by atoms with Gasteiger partial charge in [-0.05, 0) is 55.4 Å². The number of carbonyl (C=O) groups excluding carboxylic acids is 1. The molecule has 0 saturated carbocycles. The first kappa shape index (κ1) is 20.9. The van der Waals surface area contributed by atoms with E-state index >= 15 is 0 Å². The van der Waals surface area contributed by atoms with Crippen LogP contribution in [0.15, 0.2) is 65.1 Å². The Morgan fingerprint density at radius 2 is 1.77 bits per heavy atom. The molecular weight excluding hydrogens is 382 g/mol. The van der Waals surface area contributed by atoms with Crippen molar-refractivity contribution in [3.8, 4) is 6.07 Å². The van der Waals surface area contributed by atoms with Gasteiger partial charge in [0.2, 0.25) is 0 Å². The van der Waals surface area contributed by atoms with Crippen molar-refractivity contribution in [2.75, 3.05) is 4.90 Å². The highest BCUT2D eigenvalue weighted by Crippen LogP contribution is 2.50. The summed E-state index contributed by atoms with van der Waals surface area (Å²) < 4.78 is 0. The largest absolute Gasteiger partial charge is 0.384 e. The first-order valence-corrected chi connectivity index (χ1v) is 10.7. The van der Waals surface area contributed by atoms with E-state index < -0.39 is 5.92 Å². The van der Waals surface area contributed by atoms with E-state index in [4.69, 9.17) is 5.73 Å². The summed E-state index contributed by atoms with van der Waals surface area (Å²) in [5, 5.41) is 10.2. The molecule has 0 fully saturated rings. The lowest BCUT2D eigenvalue weighted by Crippen LogP contribution is -2.42. The normalized spacial score (nSPS) is 20.6. The Hall–Kier alpha value is -3.32. The number of hydrogen-bond donors (Lipinski definition) is 1. The van der Waals surface area contributed by atoms with E-state index in [1.165, 1.54) is 0 Å². The van der Waals surface area contributed by atoms with Crippen molar-refractivity contribution in [2.24, 2.45) is 11.1 Å². The molecule has 2 aromatic rings. The number of anilines is 1. The molecule has 0 amide bonds. The first-order chi connectivity index (χ1) is 14.6. The molecule has 2 aliphatic rings. The van der Waals surface area contributed by atoms with E-state index in [-0.39, 0.29) is 11.2 Å². The number of hydrogen-bond acceptors (Lipinski definition) is 4. The lowest BCUT2D eigenvalue weighted by atomic mass is 9.68. The Morgan fingerprint density at radius 1 is 1.06 bits per heavy atom. The van der Waals surface area contributed by atoms with Crippen molar-refractivity contribution in [1.82, 2.24) is 0 Å². The minimum atomic E-state index is -0.426. The Morgan fingerprint density at radius 3 is 2.42 bits per heavy atom. The van der Waals surface area contributed by atoms with Gasteiger partial charge >= 0.3 is 0 Å². The fraction of sp³-hybridized carbons (Fsp3) is 0.333. The molecule has 4 rings (SSSR count). The van der Waals surface area contributed by atoms with Crippen LogP contribution in [0.5, 0.6) is 0 Å².